The first-order valence-electron chi connectivity index (χ1n) is 10.1. The Hall–Kier alpha value is -2.69. The number of benzene rings is 2. The van der Waals surface area contributed by atoms with Crippen LogP contribution in [0, 0.1) is 0 Å². The van der Waals surface area contributed by atoms with E-state index < -0.39 is 0 Å². The van der Waals surface area contributed by atoms with Crippen LogP contribution in [0.3, 0.4) is 0 Å². The van der Waals surface area contributed by atoms with Gasteiger partial charge in [-0.05, 0) is 41.7 Å². The molecule has 1 heterocycles. The topological polar surface area (TPSA) is 44.8 Å². The summed E-state index contributed by atoms with van der Waals surface area (Å²) in [7, 11) is 1.66. The zero-order valence-electron chi connectivity index (χ0n) is 17.1. The predicted molar refractivity (Wildman–Crippen MR) is 114 cm³/mol. The van der Waals surface area contributed by atoms with Crippen LogP contribution in [-0.2, 0) is 6.42 Å². The molecule has 0 atom stereocenters. The van der Waals surface area contributed by atoms with Crippen LogP contribution in [0.1, 0.15) is 30.9 Å². The number of ether oxygens (including phenoxy) is 1. The van der Waals surface area contributed by atoms with Crippen molar-refractivity contribution < 1.29 is 9.53 Å². The maximum atomic E-state index is 12.5. The average Bonchev–Trinajstić information content (AvgIpc) is 2.74. The van der Waals surface area contributed by atoms with E-state index in [1.165, 1.54) is 16.8 Å². The van der Waals surface area contributed by atoms with Crippen molar-refractivity contribution in [3.8, 4) is 5.75 Å². The SMILES string of the molecule is COc1ccc(CCNC(=O)N2CCN(c3ccccc3C(C)C)CC2)cc1. The molecule has 5 heteroatoms. The van der Waals surface area contributed by atoms with Crippen LogP contribution >= 0.6 is 0 Å². The zero-order chi connectivity index (χ0) is 19.9. The summed E-state index contributed by atoms with van der Waals surface area (Å²) in [5.74, 6) is 1.35. The van der Waals surface area contributed by atoms with Gasteiger partial charge >= 0.3 is 6.03 Å². The summed E-state index contributed by atoms with van der Waals surface area (Å²) in [6, 6.07) is 16.6. The maximum absolute atomic E-state index is 12.5. The Morgan fingerprint density at radius 2 is 1.71 bits per heavy atom. The van der Waals surface area contributed by atoms with Crippen LogP contribution in [0.2, 0.25) is 0 Å². The third-order valence-electron chi connectivity index (χ3n) is 5.32. The summed E-state index contributed by atoms with van der Waals surface area (Å²) in [6.45, 7) is 8.34. The van der Waals surface area contributed by atoms with Crippen molar-refractivity contribution in [3.63, 3.8) is 0 Å². The molecule has 0 spiro atoms. The fourth-order valence-corrected chi connectivity index (χ4v) is 3.63. The Labute approximate surface area is 168 Å². The molecule has 2 aromatic carbocycles. The molecular weight excluding hydrogens is 350 g/mol. The monoisotopic (exact) mass is 381 g/mol. The van der Waals surface area contributed by atoms with E-state index in [4.69, 9.17) is 4.74 Å². The second kappa shape index (κ2) is 9.49. The lowest BCUT2D eigenvalue weighted by Crippen LogP contribution is -2.52. The highest BCUT2D eigenvalue weighted by molar-refractivity contribution is 5.74. The summed E-state index contributed by atoms with van der Waals surface area (Å²) < 4.78 is 5.17. The van der Waals surface area contributed by atoms with Gasteiger partial charge in [-0.2, -0.15) is 0 Å². The molecule has 0 aromatic heterocycles. The van der Waals surface area contributed by atoms with E-state index in [0.29, 0.717) is 12.5 Å². The molecule has 3 rings (SSSR count). The van der Waals surface area contributed by atoms with E-state index in [1.807, 2.05) is 29.2 Å². The second-order valence-electron chi connectivity index (χ2n) is 7.52. The van der Waals surface area contributed by atoms with Crippen molar-refractivity contribution in [1.29, 1.82) is 0 Å². The van der Waals surface area contributed by atoms with E-state index in [0.717, 1.165) is 38.3 Å². The van der Waals surface area contributed by atoms with Gasteiger partial charge in [-0.3, -0.25) is 0 Å². The predicted octanol–water partition coefficient (Wildman–Crippen LogP) is 3.89. The minimum absolute atomic E-state index is 0.0327. The normalized spacial score (nSPS) is 14.3. The molecule has 1 N–H and O–H groups in total. The summed E-state index contributed by atoms with van der Waals surface area (Å²) in [6.07, 6.45) is 0.817. The summed E-state index contributed by atoms with van der Waals surface area (Å²) in [5, 5.41) is 3.05. The number of amides is 2. The van der Waals surface area contributed by atoms with Gasteiger partial charge in [0.25, 0.3) is 0 Å². The molecular formula is C23H31N3O2. The van der Waals surface area contributed by atoms with Crippen molar-refractivity contribution >= 4 is 11.7 Å². The number of nitrogens with one attached hydrogen (secondary N) is 1. The molecule has 1 aliphatic heterocycles. The molecule has 1 saturated heterocycles. The van der Waals surface area contributed by atoms with E-state index >= 15 is 0 Å². The van der Waals surface area contributed by atoms with Gasteiger partial charge in [-0.15, -0.1) is 0 Å². The Kier molecular flexibility index (Phi) is 6.80. The molecule has 2 amide bonds. The number of carbonyl (C=O) groups excluding carboxylic acids is 1. The summed E-state index contributed by atoms with van der Waals surface area (Å²) in [5.41, 5.74) is 3.87. The molecule has 150 valence electrons. The highest BCUT2D eigenvalue weighted by atomic mass is 16.5. The molecule has 2 aromatic rings. The highest BCUT2D eigenvalue weighted by Gasteiger charge is 2.22. The second-order valence-corrected chi connectivity index (χ2v) is 7.52. The standard InChI is InChI=1S/C23H31N3O2/c1-18(2)21-6-4-5-7-22(21)25-14-16-26(17-15-25)23(27)24-13-12-19-8-10-20(28-3)11-9-19/h4-11,18H,12-17H2,1-3H3,(H,24,27). The number of nitrogens with zero attached hydrogens (tertiary/aromatic N) is 2. The van der Waals surface area contributed by atoms with E-state index in [-0.39, 0.29) is 6.03 Å². The number of para-hydroxylation sites is 1. The van der Waals surface area contributed by atoms with Crippen molar-refractivity contribution in [2.45, 2.75) is 26.2 Å². The molecule has 1 fully saturated rings. The number of anilines is 1. The molecule has 0 unspecified atom stereocenters. The van der Waals surface area contributed by atoms with Crippen LogP contribution in [-0.4, -0.2) is 50.8 Å². The fraction of sp³-hybridized carbons (Fsp3) is 0.435. The summed E-state index contributed by atoms with van der Waals surface area (Å²) >= 11 is 0. The maximum Gasteiger partial charge on any atom is 0.317 e. The zero-order valence-corrected chi connectivity index (χ0v) is 17.1. The van der Waals surface area contributed by atoms with Gasteiger partial charge in [0.05, 0.1) is 7.11 Å². The molecule has 0 radical (unpaired) electrons. The van der Waals surface area contributed by atoms with Gasteiger partial charge in [0.2, 0.25) is 0 Å². The highest BCUT2D eigenvalue weighted by Crippen LogP contribution is 2.28. The Morgan fingerprint density at radius 3 is 2.36 bits per heavy atom. The lowest BCUT2D eigenvalue weighted by molar-refractivity contribution is 0.194. The van der Waals surface area contributed by atoms with Gasteiger partial charge in [-0.25, -0.2) is 4.79 Å². The number of rotatable bonds is 6. The van der Waals surface area contributed by atoms with Crippen molar-refractivity contribution in [2.24, 2.45) is 0 Å². The molecule has 0 aliphatic carbocycles. The van der Waals surface area contributed by atoms with Crippen LogP contribution < -0.4 is 15.0 Å². The molecule has 28 heavy (non-hydrogen) atoms. The van der Waals surface area contributed by atoms with Crippen LogP contribution in [0.25, 0.3) is 0 Å². The lowest BCUT2D eigenvalue weighted by Gasteiger charge is -2.37. The van der Waals surface area contributed by atoms with Crippen molar-refractivity contribution in [2.75, 3.05) is 44.7 Å². The van der Waals surface area contributed by atoms with Crippen LogP contribution in [0.15, 0.2) is 48.5 Å². The van der Waals surface area contributed by atoms with Gasteiger partial charge in [0, 0.05) is 38.4 Å². The van der Waals surface area contributed by atoms with Gasteiger partial charge in [0.15, 0.2) is 0 Å². The number of piperazine rings is 1. The Bertz CT molecular complexity index is 766. The number of hydrogen-bond acceptors (Lipinski definition) is 3. The van der Waals surface area contributed by atoms with Crippen LogP contribution in [0.4, 0.5) is 10.5 Å². The first kappa shape index (κ1) is 20.1. The minimum Gasteiger partial charge on any atom is -0.497 e. The number of methoxy groups -OCH3 is 1. The smallest absolute Gasteiger partial charge is 0.317 e. The number of urea groups is 1. The molecule has 5 nitrogen and oxygen atoms in total. The third kappa shape index (κ3) is 4.97. The van der Waals surface area contributed by atoms with Crippen molar-refractivity contribution in [1.82, 2.24) is 10.2 Å². The quantitative estimate of drug-likeness (QED) is 0.826. The van der Waals surface area contributed by atoms with Gasteiger partial charge in [0.1, 0.15) is 5.75 Å². The minimum atomic E-state index is 0.0327. The van der Waals surface area contributed by atoms with Gasteiger partial charge in [-0.1, -0.05) is 44.2 Å². The molecule has 0 saturated carbocycles. The first-order chi connectivity index (χ1) is 13.6. The van der Waals surface area contributed by atoms with Crippen LogP contribution in [0.5, 0.6) is 5.75 Å². The third-order valence-corrected chi connectivity index (χ3v) is 5.32. The number of carbonyl (C=O) groups is 1. The Balaban J connectivity index is 1.46. The first-order valence-corrected chi connectivity index (χ1v) is 10.1. The number of hydrogen-bond donors (Lipinski definition) is 1. The Morgan fingerprint density at radius 1 is 1.04 bits per heavy atom. The largest absolute Gasteiger partial charge is 0.497 e. The van der Waals surface area contributed by atoms with E-state index in [9.17, 15) is 4.79 Å². The van der Waals surface area contributed by atoms with Gasteiger partial charge < -0.3 is 19.9 Å². The van der Waals surface area contributed by atoms with E-state index in [1.54, 1.807) is 7.11 Å². The van der Waals surface area contributed by atoms with Crippen molar-refractivity contribution in [3.05, 3.63) is 59.7 Å². The van der Waals surface area contributed by atoms with E-state index in [2.05, 4.69) is 48.3 Å². The average molecular weight is 382 g/mol. The summed E-state index contributed by atoms with van der Waals surface area (Å²) in [4.78, 5) is 16.8. The molecule has 0 bridgehead atoms. The molecule has 1 aliphatic rings. The lowest BCUT2D eigenvalue weighted by atomic mass is 10.00. The fourth-order valence-electron chi connectivity index (χ4n) is 3.63.